The SMILES string of the molecule is COc1nc(-c2c(Cl)c(C)cc3[nH]ncc23)c(F)c2c1C(N1CCOC[C@@](C)(O)C1)=NC(OC[C@]13CCC[C@H]1N(C1CCCOCC1)CCC3)N2. The van der Waals surface area contributed by atoms with Gasteiger partial charge in [0, 0.05) is 48.2 Å². The molecule has 3 aromatic rings. The van der Waals surface area contributed by atoms with Gasteiger partial charge in [-0.1, -0.05) is 18.0 Å². The van der Waals surface area contributed by atoms with E-state index in [0.29, 0.717) is 59.2 Å². The molecule has 14 heteroatoms. The highest BCUT2D eigenvalue weighted by Gasteiger charge is 2.50. The number of hydrogen-bond acceptors (Lipinski definition) is 11. The number of β-amino-alcohol motifs (C(OH)–C–C–N with tert-alkyl or cyclic N) is 1. The molecule has 3 N–H and O–H groups in total. The Morgan fingerprint density at radius 3 is 2.82 bits per heavy atom. The number of aliphatic hydroxyl groups is 1. The number of rotatable bonds is 6. The number of likely N-dealkylation sites (tertiary alicyclic amines) is 1. The quantitative estimate of drug-likeness (QED) is 0.300. The van der Waals surface area contributed by atoms with Crippen molar-refractivity contribution in [2.24, 2.45) is 10.4 Å². The molecule has 3 saturated heterocycles. The Bertz CT molecular complexity index is 1800. The largest absolute Gasteiger partial charge is 0.480 e. The number of piperidine rings is 1. The number of methoxy groups -OCH3 is 1. The normalized spacial score (nSPS) is 30.3. The van der Waals surface area contributed by atoms with Crippen molar-refractivity contribution >= 4 is 34.0 Å². The number of pyridine rings is 1. The van der Waals surface area contributed by atoms with Crippen LogP contribution < -0.4 is 10.1 Å². The number of halogens is 2. The van der Waals surface area contributed by atoms with Crippen LogP contribution in [0.1, 0.15) is 69.4 Å². The molecular weight excluding hydrogens is 677 g/mol. The number of amidine groups is 1. The highest BCUT2D eigenvalue weighted by atomic mass is 35.5. The van der Waals surface area contributed by atoms with E-state index >= 15 is 4.39 Å². The van der Waals surface area contributed by atoms with E-state index in [-0.39, 0.29) is 35.8 Å². The summed E-state index contributed by atoms with van der Waals surface area (Å²) in [6.07, 6.45) is 9.68. The fourth-order valence-corrected chi connectivity index (χ4v) is 9.55. The van der Waals surface area contributed by atoms with Crippen molar-refractivity contribution in [3.8, 4) is 17.1 Å². The van der Waals surface area contributed by atoms with E-state index in [1.807, 2.05) is 17.9 Å². The maximum Gasteiger partial charge on any atom is 0.227 e. The first kappa shape index (κ1) is 35.0. The number of benzene rings is 1. The summed E-state index contributed by atoms with van der Waals surface area (Å²) in [5.74, 6) is 0.00756. The summed E-state index contributed by atoms with van der Waals surface area (Å²) >= 11 is 6.89. The lowest BCUT2D eigenvalue weighted by molar-refractivity contribution is -0.0673. The van der Waals surface area contributed by atoms with Gasteiger partial charge in [-0.05, 0) is 77.0 Å². The summed E-state index contributed by atoms with van der Waals surface area (Å²) in [6.45, 7) is 8.05. The standard InChI is InChI=1S/C37H49ClFN7O5/c1-22-17-25-24(18-40-44-25)27(29(22)38)31-30(39)32-28(34(41-31)48-3)33(45-13-16-50-20-36(2,47)19-45)43-35(42-32)51-21-37-10-4-8-26(37)46(12-6-11-37)23-7-5-14-49-15-9-23/h17-18,23,26,35,42,47H,4-16,19-21H2,1-3H3,(H,40,44)/t23?,26-,35?,36+,37-/m1/s1. The smallest absolute Gasteiger partial charge is 0.227 e. The van der Waals surface area contributed by atoms with Crippen LogP contribution in [0, 0.1) is 18.2 Å². The molecule has 276 valence electrons. The van der Waals surface area contributed by atoms with Crippen molar-refractivity contribution < 1.29 is 28.4 Å². The molecule has 51 heavy (non-hydrogen) atoms. The molecule has 5 aliphatic rings. The number of hydrogen-bond donors (Lipinski definition) is 3. The molecule has 2 aromatic heterocycles. The lowest BCUT2D eigenvalue weighted by Crippen LogP contribution is -2.55. The summed E-state index contributed by atoms with van der Waals surface area (Å²) in [4.78, 5) is 14.5. The van der Waals surface area contributed by atoms with Gasteiger partial charge in [0.25, 0.3) is 0 Å². The Morgan fingerprint density at radius 1 is 1.10 bits per heavy atom. The number of aromatic amines is 1. The minimum absolute atomic E-state index is 0.00914. The number of aliphatic imine (C=N–C) groups is 1. The van der Waals surface area contributed by atoms with E-state index in [9.17, 15) is 5.11 Å². The van der Waals surface area contributed by atoms with Crippen LogP contribution in [0.2, 0.25) is 5.02 Å². The van der Waals surface area contributed by atoms with Gasteiger partial charge >= 0.3 is 0 Å². The van der Waals surface area contributed by atoms with Crippen molar-refractivity contribution in [3.63, 3.8) is 0 Å². The average molecular weight is 726 g/mol. The molecule has 4 aliphatic heterocycles. The molecule has 2 unspecified atom stereocenters. The Hall–Kier alpha value is -3.07. The molecule has 0 radical (unpaired) electrons. The van der Waals surface area contributed by atoms with Gasteiger partial charge in [-0.3, -0.25) is 10.00 Å². The van der Waals surface area contributed by atoms with Gasteiger partial charge in [0.05, 0.1) is 55.9 Å². The summed E-state index contributed by atoms with van der Waals surface area (Å²) in [7, 11) is 1.51. The molecule has 1 aromatic carbocycles. The molecule has 1 aliphatic carbocycles. The van der Waals surface area contributed by atoms with Crippen LogP contribution >= 0.6 is 11.6 Å². The number of H-pyrrole nitrogens is 1. The first-order valence-corrected chi connectivity index (χ1v) is 18.8. The number of aromatic nitrogens is 3. The monoisotopic (exact) mass is 725 g/mol. The van der Waals surface area contributed by atoms with E-state index < -0.39 is 17.8 Å². The van der Waals surface area contributed by atoms with Crippen LogP contribution in [0.25, 0.3) is 22.2 Å². The van der Waals surface area contributed by atoms with Crippen molar-refractivity contribution in [2.75, 3.05) is 65.1 Å². The summed E-state index contributed by atoms with van der Waals surface area (Å²) in [5.41, 5.74) is 1.29. The first-order valence-electron chi connectivity index (χ1n) is 18.4. The van der Waals surface area contributed by atoms with Crippen LogP contribution in [0.3, 0.4) is 0 Å². The van der Waals surface area contributed by atoms with Gasteiger partial charge in [-0.15, -0.1) is 0 Å². The van der Waals surface area contributed by atoms with Crippen molar-refractivity contribution in [1.29, 1.82) is 0 Å². The first-order chi connectivity index (χ1) is 24.7. The Kier molecular flexibility index (Phi) is 9.64. The van der Waals surface area contributed by atoms with Crippen LogP contribution in [0.15, 0.2) is 17.3 Å². The Balaban J connectivity index is 1.18. The van der Waals surface area contributed by atoms with Crippen LogP contribution in [0.5, 0.6) is 5.88 Å². The molecule has 0 bridgehead atoms. The summed E-state index contributed by atoms with van der Waals surface area (Å²) in [6, 6.07) is 2.84. The second-order valence-corrected chi connectivity index (χ2v) is 15.7. The maximum atomic E-state index is 17.3. The van der Waals surface area contributed by atoms with E-state index in [2.05, 4.69) is 20.4 Å². The van der Waals surface area contributed by atoms with Gasteiger partial charge in [0.2, 0.25) is 12.2 Å². The minimum atomic E-state index is -1.16. The highest BCUT2D eigenvalue weighted by molar-refractivity contribution is 6.35. The molecule has 0 amide bonds. The molecule has 4 fully saturated rings. The zero-order valence-corrected chi connectivity index (χ0v) is 30.5. The Morgan fingerprint density at radius 2 is 1.96 bits per heavy atom. The van der Waals surface area contributed by atoms with Crippen LogP contribution in [0.4, 0.5) is 10.1 Å². The van der Waals surface area contributed by atoms with Gasteiger partial charge < -0.3 is 34.3 Å². The number of anilines is 1. The van der Waals surface area contributed by atoms with Gasteiger partial charge in [0.1, 0.15) is 22.7 Å². The number of ether oxygens (including phenoxy) is 4. The van der Waals surface area contributed by atoms with Gasteiger partial charge in [0.15, 0.2) is 5.82 Å². The molecule has 6 heterocycles. The van der Waals surface area contributed by atoms with E-state index in [1.54, 1.807) is 13.1 Å². The molecule has 5 atom stereocenters. The molecular formula is C37H49ClFN7O5. The minimum Gasteiger partial charge on any atom is -0.480 e. The third-order valence-corrected chi connectivity index (χ3v) is 12.1. The fourth-order valence-electron chi connectivity index (χ4n) is 9.30. The topological polar surface area (TPSA) is 130 Å². The van der Waals surface area contributed by atoms with Crippen molar-refractivity contribution in [2.45, 2.75) is 89.3 Å². The van der Waals surface area contributed by atoms with Gasteiger partial charge in [-0.2, -0.15) is 5.10 Å². The van der Waals surface area contributed by atoms with E-state index in [1.165, 1.54) is 13.5 Å². The third-order valence-electron chi connectivity index (χ3n) is 11.6. The van der Waals surface area contributed by atoms with Gasteiger partial charge in [-0.25, -0.2) is 14.4 Å². The van der Waals surface area contributed by atoms with Crippen molar-refractivity contribution in [1.82, 2.24) is 25.0 Å². The zero-order chi connectivity index (χ0) is 35.3. The molecule has 12 nitrogen and oxygen atoms in total. The summed E-state index contributed by atoms with van der Waals surface area (Å²) in [5, 5.41) is 22.7. The number of fused-ring (bicyclic) bond motifs is 3. The molecule has 8 rings (SSSR count). The molecule has 1 saturated carbocycles. The second-order valence-electron chi connectivity index (χ2n) is 15.3. The lowest BCUT2D eigenvalue weighted by Gasteiger charge is -2.49. The third kappa shape index (κ3) is 6.48. The highest BCUT2D eigenvalue weighted by Crippen LogP contribution is 2.50. The van der Waals surface area contributed by atoms with Crippen LogP contribution in [-0.4, -0.2) is 120 Å². The fraction of sp³-hybridized carbons (Fsp3) is 0.649. The second kappa shape index (κ2) is 14.1. The lowest BCUT2D eigenvalue weighted by atomic mass is 9.74. The average Bonchev–Trinajstić information content (AvgIpc) is 3.61. The van der Waals surface area contributed by atoms with Crippen LogP contribution in [-0.2, 0) is 14.2 Å². The number of aryl methyl sites for hydroxylation is 1. The zero-order valence-electron chi connectivity index (χ0n) is 29.8. The maximum absolute atomic E-state index is 17.3. The van der Waals surface area contributed by atoms with E-state index in [0.717, 1.165) is 75.8 Å². The molecule has 0 spiro atoms. The predicted molar refractivity (Wildman–Crippen MR) is 193 cm³/mol. The predicted octanol–water partition coefficient (Wildman–Crippen LogP) is 5.49. The van der Waals surface area contributed by atoms with E-state index in [4.69, 9.17) is 40.5 Å². The number of nitrogens with one attached hydrogen (secondary N) is 2. The number of nitrogens with zero attached hydrogens (tertiary/aromatic N) is 5. The Labute approximate surface area is 303 Å². The van der Waals surface area contributed by atoms with Crippen molar-refractivity contribution in [3.05, 3.63) is 34.2 Å². The summed E-state index contributed by atoms with van der Waals surface area (Å²) < 4.78 is 41.5.